The summed E-state index contributed by atoms with van der Waals surface area (Å²) in [4.78, 5) is 9.93. The van der Waals surface area contributed by atoms with E-state index in [1.807, 2.05) is 38.1 Å². The second-order valence-electron chi connectivity index (χ2n) is 14.7. The number of benzene rings is 1. The minimum absolute atomic E-state index is 0.0268. The first-order valence-electron chi connectivity index (χ1n) is 15.8. The van der Waals surface area contributed by atoms with Gasteiger partial charge in [-0.05, 0) is 68.8 Å². The van der Waals surface area contributed by atoms with E-state index < -0.39 is 8.32 Å². The Morgan fingerprint density at radius 1 is 1.07 bits per heavy atom. The van der Waals surface area contributed by atoms with Gasteiger partial charge in [0.1, 0.15) is 23.9 Å². The molecule has 3 aromatic rings. The van der Waals surface area contributed by atoms with Crippen molar-refractivity contribution >= 4 is 14.1 Å². The third kappa shape index (κ3) is 8.47. The lowest BCUT2D eigenvalue weighted by Crippen LogP contribution is -2.46. The molecular formula is C34H52N4O5Si. The number of ether oxygens (including phenoxy) is 2. The van der Waals surface area contributed by atoms with Crippen LogP contribution >= 0.6 is 0 Å². The molecule has 1 fully saturated rings. The van der Waals surface area contributed by atoms with Gasteiger partial charge in [0.25, 0.3) is 0 Å². The Hall–Kier alpha value is -2.79. The lowest BCUT2D eigenvalue weighted by Gasteiger charge is -2.40. The third-order valence-corrected chi connectivity index (χ3v) is 13.2. The van der Waals surface area contributed by atoms with E-state index in [1.54, 1.807) is 0 Å². The number of hydrogen-bond acceptors (Lipinski definition) is 9. The quantitative estimate of drug-likeness (QED) is 0.207. The lowest BCUT2D eigenvalue weighted by atomic mass is 9.89. The van der Waals surface area contributed by atoms with Gasteiger partial charge in [-0.2, -0.15) is 0 Å². The molecule has 0 spiro atoms. The number of aromatic nitrogens is 3. The molecule has 2 aromatic heterocycles. The molecule has 242 valence electrons. The molecule has 1 atom stereocenters. The fraction of sp³-hybridized carbons (Fsp3) is 0.618. The SMILES string of the molecule is Cc1noc(C)c1-c1nc(-c2cccc(OCC(CC(C)(C)C)O[Si](C)(C)C(C)(C)C)c2)nc(NC2CCOCC2)c1CO. The van der Waals surface area contributed by atoms with Crippen LogP contribution in [0.5, 0.6) is 5.75 Å². The molecular weight excluding hydrogens is 572 g/mol. The first-order valence-corrected chi connectivity index (χ1v) is 18.7. The van der Waals surface area contributed by atoms with E-state index in [2.05, 4.69) is 65.1 Å². The molecule has 0 aliphatic carbocycles. The Kier molecular flexibility index (Phi) is 10.6. The number of aryl methyl sites for hydroxylation is 2. The number of hydrogen-bond donors (Lipinski definition) is 2. The van der Waals surface area contributed by atoms with Crippen molar-refractivity contribution in [3.8, 4) is 28.4 Å². The van der Waals surface area contributed by atoms with E-state index in [-0.39, 0.29) is 29.2 Å². The minimum Gasteiger partial charge on any atom is -0.491 e. The van der Waals surface area contributed by atoms with E-state index in [1.165, 1.54) is 0 Å². The smallest absolute Gasteiger partial charge is 0.192 e. The summed E-state index contributed by atoms with van der Waals surface area (Å²) in [6.45, 7) is 23.5. The Labute approximate surface area is 264 Å². The molecule has 1 aromatic carbocycles. The van der Waals surface area contributed by atoms with Gasteiger partial charge in [0.05, 0.1) is 29.7 Å². The van der Waals surface area contributed by atoms with E-state index in [4.69, 9.17) is 28.4 Å². The predicted octanol–water partition coefficient (Wildman–Crippen LogP) is 7.70. The highest BCUT2D eigenvalue weighted by Gasteiger charge is 2.40. The van der Waals surface area contributed by atoms with Gasteiger partial charge < -0.3 is 28.8 Å². The van der Waals surface area contributed by atoms with Gasteiger partial charge in [-0.1, -0.05) is 58.8 Å². The number of nitrogens with zero attached hydrogens (tertiary/aromatic N) is 3. The van der Waals surface area contributed by atoms with Crippen LogP contribution in [0.1, 0.15) is 77.8 Å². The van der Waals surface area contributed by atoms with Crippen LogP contribution in [0.15, 0.2) is 28.8 Å². The number of anilines is 1. The highest BCUT2D eigenvalue weighted by Crippen LogP contribution is 2.39. The van der Waals surface area contributed by atoms with E-state index in [0.29, 0.717) is 54.2 Å². The maximum absolute atomic E-state index is 10.5. The zero-order valence-corrected chi connectivity index (χ0v) is 29.3. The highest BCUT2D eigenvalue weighted by atomic mass is 28.4. The van der Waals surface area contributed by atoms with Gasteiger partial charge in [-0.3, -0.25) is 0 Å². The van der Waals surface area contributed by atoms with Crippen molar-refractivity contribution in [1.82, 2.24) is 15.1 Å². The monoisotopic (exact) mass is 624 g/mol. The number of rotatable bonds is 11. The van der Waals surface area contributed by atoms with Gasteiger partial charge in [-0.15, -0.1) is 0 Å². The van der Waals surface area contributed by atoms with Crippen LogP contribution < -0.4 is 10.1 Å². The average molecular weight is 625 g/mol. The van der Waals surface area contributed by atoms with E-state index in [0.717, 1.165) is 36.1 Å². The molecule has 1 saturated heterocycles. The molecule has 2 N–H and O–H groups in total. The van der Waals surface area contributed by atoms with Crippen molar-refractivity contribution in [2.75, 3.05) is 25.1 Å². The average Bonchev–Trinajstić information content (AvgIpc) is 3.27. The van der Waals surface area contributed by atoms with Crippen molar-refractivity contribution in [3.63, 3.8) is 0 Å². The largest absolute Gasteiger partial charge is 0.491 e. The van der Waals surface area contributed by atoms with Gasteiger partial charge in [0.2, 0.25) is 0 Å². The van der Waals surface area contributed by atoms with Crippen molar-refractivity contribution in [1.29, 1.82) is 0 Å². The zero-order chi connectivity index (χ0) is 32.3. The zero-order valence-electron chi connectivity index (χ0n) is 28.3. The van der Waals surface area contributed by atoms with E-state index >= 15 is 0 Å². The van der Waals surface area contributed by atoms with Crippen molar-refractivity contribution in [3.05, 3.63) is 41.3 Å². The van der Waals surface area contributed by atoms with Crippen LogP contribution in [-0.2, 0) is 15.8 Å². The maximum atomic E-state index is 10.5. The van der Waals surface area contributed by atoms with Crippen molar-refractivity contribution in [2.24, 2.45) is 5.41 Å². The summed E-state index contributed by atoms with van der Waals surface area (Å²) in [5, 5.41) is 18.4. The molecule has 4 rings (SSSR count). The molecule has 10 heteroatoms. The van der Waals surface area contributed by atoms with E-state index in [9.17, 15) is 5.11 Å². The molecule has 1 unspecified atom stereocenters. The number of aliphatic hydroxyl groups is 1. The summed E-state index contributed by atoms with van der Waals surface area (Å²) >= 11 is 0. The fourth-order valence-electron chi connectivity index (χ4n) is 5.27. The van der Waals surface area contributed by atoms with Gasteiger partial charge >= 0.3 is 0 Å². The summed E-state index contributed by atoms with van der Waals surface area (Å²) in [7, 11) is -1.99. The Balaban J connectivity index is 1.68. The molecule has 3 heterocycles. The molecule has 1 aliphatic rings. The second-order valence-corrected chi connectivity index (χ2v) is 19.5. The fourth-order valence-corrected chi connectivity index (χ4v) is 6.61. The first-order chi connectivity index (χ1) is 20.6. The van der Waals surface area contributed by atoms with Gasteiger partial charge in [-0.25, -0.2) is 9.97 Å². The van der Waals surface area contributed by atoms with Crippen LogP contribution in [-0.4, -0.2) is 60.5 Å². The standard InChI is InChI=1S/C34H52N4O5Si/c1-22-29(23(2)42-38-22)30-28(20-39)32(35-25-14-16-40-17-15-25)37-31(36-30)24-12-11-13-26(18-24)41-21-27(19-33(3,4)5)43-44(9,10)34(6,7)8/h11-13,18,25,27,39H,14-17,19-21H2,1-10H3,(H,35,36,37). The second kappa shape index (κ2) is 13.7. The molecule has 9 nitrogen and oxygen atoms in total. The highest BCUT2D eigenvalue weighted by molar-refractivity contribution is 6.74. The van der Waals surface area contributed by atoms with Crippen LogP contribution in [0.3, 0.4) is 0 Å². The summed E-state index contributed by atoms with van der Waals surface area (Å²) in [6, 6.07) is 8.06. The third-order valence-electron chi connectivity index (χ3n) is 8.63. The Morgan fingerprint density at radius 2 is 1.77 bits per heavy atom. The van der Waals surface area contributed by atoms with Crippen LogP contribution in [0.4, 0.5) is 5.82 Å². The maximum Gasteiger partial charge on any atom is 0.192 e. The molecule has 0 bridgehead atoms. The van der Waals surface area contributed by atoms with Crippen molar-refractivity contribution in [2.45, 2.75) is 112 Å². The molecule has 44 heavy (non-hydrogen) atoms. The molecule has 1 aliphatic heterocycles. The first kappa shape index (κ1) is 34.1. The van der Waals surface area contributed by atoms with Crippen LogP contribution in [0.25, 0.3) is 22.6 Å². The topological polar surface area (TPSA) is 112 Å². The molecule has 0 saturated carbocycles. The van der Waals surface area contributed by atoms with Crippen molar-refractivity contribution < 1.29 is 23.5 Å². The summed E-state index contributed by atoms with van der Waals surface area (Å²) < 4.78 is 24.3. The molecule has 0 amide bonds. The number of aliphatic hydroxyl groups excluding tert-OH is 1. The normalized spacial score (nSPS) is 15.8. The minimum atomic E-state index is -1.99. The number of nitrogens with one attached hydrogen (secondary N) is 1. The summed E-state index contributed by atoms with van der Waals surface area (Å²) in [5.74, 6) is 2.51. The lowest BCUT2D eigenvalue weighted by molar-refractivity contribution is 0.0789. The Bertz CT molecular complexity index is 1380. The Morgan fingerprint density at radius 3 is 2.36 bits per heavy atom. The predicted molar refractivity (Wildman–Crippen MR) is 177 cm³/mol. The van der Waals surface area contributed by atoms with Crippen LogP contribution in [0, 0.1) is 19.3 Å². The molecule has 0 radical (unpaired) electrons. The summed E-state index contributed by atoms with van der Waals surface area (Å²) in [5.41, 5.74) is 3.63. The van der Waals surface area contributed by atoms with Gasteiger partial charge in [0, 0.05) is 30.4 Å². The van der Waals surface area contributed by atoms with Gasteiger partial charge in [0.15, 0.2) is 14.1 Å². The summed E-state index contributed by atoms with van der Waals surface area (Å²) in [6.07, 6.45) is 2.59. The van der Waals surface area contributed by atoms with Crippen LogP contribution in [0.2, 0.25) is 18.1 Å².